The third-order valence-corrected chi connectivity index (χ3v) is 4.03. The Balaban J connectivity index is 1.94. The number of carbonyl (C=O) groups is 3. The fourth-order valence-corrected chi connectivity index (χ4v) is 2.48. The van der Waals surface area contributed by atoms with Gasteiger partial charge in [-0.3, -0.25) is 19.3 Å². The number of hydrogen-bond acceptors (Lipinski definition) is 4. The van der Waals surface area contributed by atoms with Crippen LogP contribution in [0.25, 0.3) is 0 Å². The van der Waals surface area contributed by atoms with Gasteiger partial charge in [0.25, 0.3) is 0 Å². The molecule has 1 saturated carbocycles. The van der Waals surface area contributed by atoms with E-state index in [2.05, 4.69) is 5.32 Å². The molecule has 2 fully saturated rings. The summed E-state index contributed by atoms with van der Waals surface area (Å²) in [5, 5.41) is 12.2. The number of carboxylic acid groups (broad SMARTS) is 1. The number of nitrogens with one attached hydrogen (secondary N) is 1. The van der Waals surface area contributed by atoms with E-state index in [1.54, 1.807) is 6.92 Å². The molecule has 2 N–H and O–H groups in total. The van der Waals surface area contributed by atoms with Crippen LogP contribution in [0, 0.1) is 11.8 Å². The first-order chi connectivity index (χ1) is 8.90. The van der Waals surface area contributed by atoms with E-state index in [0.717, 1.165) is 6.42 Å². The van der Waals surface area contributed by atoms with Gasteiger partial charge in [-0.05, 0) is 32.7 Å². The van der Waals surface area contributed by atoms with E-state index in [-0.39, 0.29) is 36.6 Å². The van der Waals surface area contributed by atoms with Crippen LogP contribution in [0.4, 0.5) is 0 Å². The van der Waals surface area contributed by atoms with Crippen LogP contribution in [-0.4, -0.2) is 46.4 Å². The lowest BCUT2D eigenvalue weighted by Gasteiger charge is -2.28. The molecule has 19 heavy (non-hydrogen) atoms. The van der Waals surface area contributed by atoms with Crippen molar-refractivity contribution in [3.05, 3.63) is 0 Å². The lowest BCUT2D eigenvalue weighted by molar-refractivity contribution is -0.147. The van der Waals surface area contributed by atoms with Gasteiger partial charge in [-0.25, -0.2) is 0 Å². The molecule has 2 rings (SSSR count). The van der Waals surface area contributed by atoms with Gasteiger partial charge >= 0.3 is 5.97 Å². The molecule has 2 aliphatic rings. The number of nitrogens with zero attached hydrogens (tertiary/aromatic N) is 1. The number of piperidine rings is 1. The average molecular weight is 268 g/mol. The first-order valence-electron chi connectivity index (χ1n) is 6.74. The largest absolute Gasteiger partial charge is 0.480 e. The molecule has 106 valence electrons. The monoisotopic (exact) mass is 268 g/mol. The molecule has 1 aliphatic carbocycles. The van der Waals surface area contributed by atoms with Crippen LogP contribution in [0.15, 0.2) is 0 Å². The number of rotatable bonds is 7. The zero-order valence-corrected chi connectivity index (χ0v) is 11.3. The van der Waals surface area contributed by atoms with Crippen molar-refractivity contribution in [2.45, 2.75) is 38.6 Å². The fraction of sp³-hybridized carbons (Fsp3) is 0.769. The summed E-state index contributed by atoms with van der Waals surface area (Å²) in [7, 11) is 0. The maximum Gasteiger partial charge on any atom is 0.323 e. The Bertz CT molecular complexity index is 403. The molecule has 3 unspecified atom stereocenters. The standard InChI is InChI=1S/C13H20N2O4/c1-3-5-14-13(2,12(18)19)4-6-15-10(16)8-7-9(8)11(15)17/h8-9,14H,3-7H2,1-2H3,(H,18,19). The molecule has 0 aromatic carbocycles. The summed E-state index contributed by atoms with van der Waals surface area (Å²) in [6, 6.07) is 0. The molecule has 3 atom stereocenters. The highest BCUT2D eigenvalue weighted by Gasteiger charge is 2.58. The fourth-order valence-electron chi connectivity index (χ4n) is 2.48. The average Bonchev–Trinajstić information content (AvgIpc) is 3.11. The van der Waals surface area contributed by atoms with Gasteiger partial charge in [0.1, 0.15) is 5.54 Å². The first kappa shape index (κ1) is 14.0. The van der Waals surface area contributed by atoms with E-state index in [4.69, 9.17) is 0 Å². The first-order valence-corrected chi connectivity index (χ1v) is 6.74. The second-order valence-corrected chi connectivity index (χ2v) is 5.59. The predicted molar refractivity (Wildman–Crippen MR) is 67.3 cm³/mol. The van der Waals surface area contributed by atoms with Gasteiger partial charge in [-0.15, -0.1) is 0 Å². The van der Waals surface area contributed by atoms with Gasteiger partial charge in [0.15, 0.2) is 0 Å². The molecule has 6 nitrogen and oxygen atoms in total. The summed E-state index contributed by atoms with van der Waals surface area (Å²) in [5.41, 5.74) is -1.09. The number of amides is 2. The molecule has 1 saturated heterocycles. The Morgan fingerprint density at radius 2 is 2.00 bits per heavy atom. The molecule has 0 bridgehead atoms. The summed E-state index contributed by atoms with van der Waals surface area (Å²) < 4.78 is 0. The van der Waals surface area contributed by atoms with E-state index in [9.17, 15) is 19.5 Å². The van der Waals surface area contributed by atoms with Crippen molar-refractivity contribution >= 4 is 17.8 Å². The number of aliphatic carboxylic acids is 1. The van der Waals surface area contributed by atoms with Gasteiger partial charge in [0.2, 0.25) is 11.8 Å². The molecule has 1 aliphatic heterocycles. The van der Waals surface area contributed by atoms with Crippen molar-refractivity contribution in [1.82, 2.24) is 10.2 Å². The van der Waals surface area contributed by atoms with E-state index >= 15 is 0 Å². The maximum absolute atomic E-state index is 11.8. The predicted octanol–water partition coefficient (Wildman–Crippen LogP) is 0.224. The Morgan fingerprint density at radius 3 is 2.47 bits per heavy atom. The second kappa shape index (κ2) is 4.92. The van der Waals surface area contributed by atoms with E-state index in [0.29, 0.717) is 13.0 Å². The minimum Gasteiger partial charge on any atom is -0.480 e. The van der Waals surface area contributed by atoms with E-state index in [1.807, 2.05) is 6.92 Å². The Labute approximate surface area is 112 Å². The van der Waals surface area contributed by atoms with Crippen molar-refractivity contribution in [1.29, 1.82) is 0 Å². The molecule has 1 heterocycles. The molecular weight excluding hydrogens is 248 g/mol. The van der Waals surface area contributed by atoms with Gasteiger partial charge in [-0.1, -0.05) is 6.92 Å². The Kier molecular flexibility index (Phi) is 3.62. The van der Waals surface area contributed by atoms with Crippen molar-refractivity contribution in [3.63, 3.8) is 0 Å². The molecular formula is C13H20N2O4. The van der Waals surface area contributed by atoms with Crippen LogP contribution < -0.4 is 5.32 Å². The minimum absolute atomic E-state index is 0.118. The molecule has 0 aromatic rings. The van der Waals surface area contributed by atoms with Crippen LogP contribution >= 0.6 is 0 Å². The van der Waals surface area contributed by atoms with Gasteiger partial charge in [0.05, 0.1) is 11.8 Å². The molecule has 0 spiro atoms. The third kappa shape index (κ3) is 2.49. The highest BCUT2D eigenvalue weighted by Crippen LogP contribution is 2.47. The smallest absolute Gasteiger partial charge is 0.323 e. The summed E-state index contributed by atoms with van der Waals surface area (Å²) in [5.74, 6) is -1.44. The summed E-state index contributed by atoms with van der Waals surface area (Å²) >= 11 is 0. The third-order valence-electron chi connectivity index (χ3n) is 4.03. The number of fused-ring (bicyclic) bond motifs is 1. The molecule has 0 radical (unpaired) electrons. The van der Waals surface area contributed by atoms with E-state index < -0.39 is 11.5 Å². The lowest BCUT2D eigenvalue weighted by atomic mass is 9.97. The second-order valence-electron chi connectivity index (χ2n) is 5.59. The number of carboxylic acids is 1. The van der Waals surface area contributed by atoms with Crippen LogP contribution in [0.1, 0.15) is 33.1 Å². The molecule has 6 heteroatoms. The highest BCUT2D eigenvalue weighted by atomic mass is 16.4. The SMILES string of the molecule is CCCNC(C)(CCN1C(=O)C2CC2C1=O)C(=O)O. The van der Waals surface area contributed by atoms with Crippen molar-refractivity contribution in [3.8, 4) is 0 Å². The molecule has 0 aromatic heterocycles. The molecule has 2 amide bonds. The van der Waals surface area contributed by atoms with Gasteiger partial charge in [0, 0.05) is 6.54 Å². The summed E-state index contributed by atoms with van der Waals surface area (Å²) in [6.45, 7) is 4.33. The maximum atomic E-state index is 11.8. The highest BCUT2D eigenvalue weighted by molar-refractivity contribution is 6.08. The van der Waals surface area contributed by atoms with Crippen LogP contribution in [0.2, 0.25) is 0 Å². The zero-order valence-electron chi connectivity index (χ0n) is 11.3. The Hall–Kier alpha value is -1.43. The van der Waals surface area contributed by atoms with Crippen molar-refractivity contribution < 1.29 is 19.5 Å². The van der Waals surface area contributed by atoms with Crippen LogP contribution in [0.3, 0.4) is 0 Å². The summed E-state index contributed by atoms with van der Waals surface area (Å²) in [4.78, 5) is 36.1. The summed E-state index contributed by atoms with van der Waals surface area (Å²) in [6.07, 6.45) is 1.74. The van der Waals surface area contributed by atoms with E-state index in [1.165, 1.54) is 4.90 Å². The van der Waals surface area contributed by atoms with Crippen LogP contribution in [0.5, 0.6) is 0 Å². The van der Waals surface area contributed by atoms with Crippen molar-refractivity contribution in [2.75, 3.05) is 13.1 Å². The number of imide groups is 1. The van der Waals surface area contributed by atoms with Gasteiger partial charge < -0.3 is 10.4 Å². The Morgan fingerprint density at radius 1 is 1.42 bits per heavy atom. The van der Waals surface area contributed by atoms with Crippen molar-refractivity contribution in [2.24, 2.45) is 11.8 Å². The van der Waals surface area contributed by atoms with Gasteiger partial charge in [-0.2, -0.15) is 0 Å². The number of hydrogen-bond donors (Lipinski definition) is 2. The quantitative estimate of drug-likeness (QED) is 0.645. The normalized spacial score (nSPS) is 28.2. The minimum atomic E-state index is -1.09. The zero-order chi connectivity index (χ0) is 14.2. The lowest BCUT2D eigenvalue weighted by Crippen LogP contribution is -2.52. The topological polar surface area (TPSA) is 86.7 Å². The number of carbonyl (C=O) groups excluding carboxylic acids is 2. The number of likely N-dealkylation sites (tertiary alicyclic amines) is 1. The van der Waals surface area contributed by atoms with Crippen LogP contribution in [-0.2, 0) is 14.4 Å².